The highest BCUT2D eigenvalue weighted by molar-refractivity contribution is 7.15. The maximum Gasteiger partial charge on any atom is 0.259 e. The molecule has 0 N–H and O–H groups in total. The van der Waals surface area contributed by atoms with E-state index in [0.717, 1.165) is 10.4 Å². The summed E-state index contributed by atoms with van der Waals surface area (Å²) in [5.74, 6) is 0.0407. The summed E-state index contributed by atoms with van der Waals surface area (Å²) in [7, 11) is 0. The standard InChI is InChI=1S/C25H23N3O3S/c1-15-8-9-21(32-15)20-14-19(22-16(2)27-31-24(22)26-20)25(30)28-12-10-18(11-13-28)23(29)17-6-4-3-5-7-17/h3-9,14,18H,10-13H2,1-2H3. The number of thiophene rings is 1. The second kappa shape index (κ2) is 8.31. The number of benzene rings is 1. The van der Waals surface area contributed by atoms with Gasteiger partial charge in [-0.25, -0.2) is 4.98 Å². The predicted molar refractivity (Wildman–Crippen MR) is 124 cm³/mol. The minimum absolute atomic E-state index is 0.0547. The Kier molecular flexibility index (Phi) is 5.35. The van der Waals surface area contributed by atoms with E-state index in [1.54, 1.807) is 11.3 Å². The number of likely N-dealkylation sites (tertiary alicyclic amines) is 1. The molecule has 1 aliphatic rings. The molecule has 1 fully saturated rings. The SMILES string of the molecule is Cc1ccc(-c2cc(C(=O)N3CCC(C(=O)c4ccccc4)CC3)c3c(C)noc3n2)s1. The van der Waals surface area contributed by atoms with Crippen molar-refractivity contribution in [3.05, 3.63) is 70.2 Å². The fourth-order valence-electron chi connectivity index (χ4n) is 4.32. The number of carbonyl (C=O) groups is 2. The number of pyridine rings is 1. The van der Waals surface area contributed by atoms with Crippen LogP contribution in [0.2, 0.25) is 0 Å². The van der Waals surface area contributed by atoms with E-state index in [0.29, 0.717) is 54.0 Å². The highest BCUT2D eigenvalue weighted by Gasteiger charge is 2.30. The Labute approximate surface area is 189 Å². The molecule has 0 spiro atoms. The first-order valence-electron chi connectivity index (χ1n) is 10.7. The van der Waals surface area contributed by atoms with Gasteiger partial charge in [-0.2, -0.15) is 0 Å². The highest BCUT2D eigenvalue weighted by atomic mass is 32.1. The molecule has 0 saturated carbocycles. The first kappa shape index (κ1) is 20.6. The number of hydrogen-bond donors (Lipinski definition) is 0. The Balaban J connectivity index is 1.40. The molecule has 0 unspecified atom stereocenters. The maximum atomic E-state index is 13.5. The third kappa shape index (κ3) is 3.73. The lowest BCUT2D eigenvalue weighted by atomic mass is 9.88. The van der Waals surface area contributed by atoms with Crippen LogP contribution in [0.5, 0.6) is 0 Å². The number of carbonyl (C=O) groups excluding carboxylic acids is 2. The zero-order valence-corrected chi connectivity index (χ0v) is 18.8. The number of amides is 1. The number of nitrogens with zero attached hydrogens (tertiary/aromatic N) is 3. The second-order valence-corrected chi connectivity index (χ2v) is 9.50. The number of rotatable bonds is 4. The fourth-order valence-corrected chi connectivity index (χ4v) is 5.14. The molecule has 1 aliphatic heterocycles. The van der Waals surface area contributed by atoms with Gasteiger partial charge < -0.3 is 9.42 Å². The van der Waals surface area contributed by atoms with E-state index >= 15 is 0 Å². The van der Waals surface area contributed by atoms with E-state index in [4.69, 9.17) is 4.52 Å². The van der Waals surface area contributed by atoms with Crippen LogP contribution in [0.4, 0.5) is 0 Å². The number of piperidine rings is 1. The van der Waals surface area contributed by atoms with Crippen molar-refractivity contribution in [2.24, 2.45) is 5.92 Å². The molecule has 4 aromatic rings. The van der Waals surface area contributed by atoms with Gasteiger partial charge in [0.25, 0.3) is 11.6 Å². The Morgan fingerprint density at radius 1 is 1.06 bits per heavy atom. The number of fused-ring (bicyclic) bond motifs is 1. The van der Waals surface area contributed by atoms with Gasteiger partial charge in [-0.15, -0.1) is 11.3 Å². The molecular formula is C25H23N3O3S. The van der Waals surface area contributed by atoms with Gasteiger partial charge >= 0.3 is 0 Å². The summed E-state index contributed by atoms with van der Waals surface area (Å²) in [5.41, 5.74) is 3.04. The fraction of sp³-hybridized carbons (Fsp3) is 0.280. The van der Waals surface area contributed by atoms with Gasteiger partial charge in [0.1, 0.15) is 0 Å². The molecule has 4 heterocycles. The smallest absolute Gasteiger partial charge is 0.259 e. The summed E-state index contributed by atoms with van der Waals surface area (Å²) in [4.78, 5) is 34.9. The van der Waals surface area contributed by atoms with Crippen LogP contribution >= 0.6 is 11.3 Å². The number of Topliss-reactive ketones (excluding diaryl/α,β-unsaturated/α-hetero) is 1. The summed E-state index contributed by atoms with van der Waals surface area (Å²) in [6, 6.07) is 15.3. The van der Waals surface area contributed by atoms with Crippen molar-refractivity contribution in [1.82, 2.24) is 15.0 Å². The number of aromatic nitrogens is 2. The lowest BCUT2D eigenvalue weighted by Crippen LogP contribution is -2.40. The summed E-state index contributed by atoms with van der Waals surface area (Å²) >= 11 is 1.63. The molecule has 5 rings (SSSR count). The minimum Gasteiger partial charge on any atom is -0.339 e. The Bertz CT molecular complexity index is 1300. The molecule has 0 radical (unpaired) electrons. The molecule has 1 saturated heterocycles. The maximum absolute atomic E-state index is 13.5. The third-order valence-corrected chi connectivity index (χ3v) is 7.07. The van der Waals surface area contributed by atoms with Gasteiger partial charge in [-0.05, 0) is 44.9 Å². The van der Waals surface area contributed by atoms with E-state index in [2.05, 4.69) is 10.1 Å². The van der Waals surface area contributed by atoms with E-state index in [9.17, 15) is 9.59 Å². The zero-order chi connectivity index (χ0) is 22.2. The van der Waals surface area contributed by atoms with Crippen LogP contribution < -0.4 is 0 Å². The Morgan fingerprint density at radius 2 is 1.81 bits per heavy atom. The van der Waals surface area contributed by atoms with Crippen molar-refractivity contribution in [3.63, 3.8) is 0 Å². The van der Waals surface area contributed by atoms with Crippen molar-refractivity contribution in [2.45, 2.75) is 26.7 Å². The van der Waals surface area contributed by atoms with Crippen LogP contribution in [0.15, 0.2) is 53.1 Å². The van der Waals surface area contributed by atoms with Gasteiger partial charge in [0, 0.05) is 29.4 Å². The van der Waals surface area contributed by atoms with Gasteiger partial charge in [0.05, 0.1) is 27.2 Å². The lowest BCUT2D eigenvalue weighted by Gasteiger charge is -2.31. The number of ketones is 1. The molecule has 7 heteroatoms. The Morgan fingerprint density at radius 3 is 2.50 bits per heavy atom. The molecule has 0 bridgehead atoms. The van der Waals surface area contributed by atoms with E-state index in [1.807, 2.05) is 67.3 Å². The topological polar surface area (TPSA) is 76.3 Å². The average Bonchev–Trinajstić information content (AvgIpc) is 3.44. The summed E-state index contributed by atoms with van der Waals surface area (Å²) < 4.78 is 5.42. The first-order valence-corrected chi connectivity index (χ1v) is 11.6. The molecule has 3 aromatic heterocycles. The Hall–Kier alpha value is -3.32. The van der Waals surface area contributed by atoms with Crippen molar-refractivity contribution >= 4 is 34.1 Å². The summed E-state index contributed by atoms with van der Waals surface area (Å²) in [6.07, 6.45) is 1.32. The van der Waals surface area contributed by atoms with E-state index in [-0.39, 0.29) is 17.6 Å². The molecule has 1 aromatic carbocycles. The quantitative estimate of drug-likeness (QED) is 0.398. The monoisotopic (exact) mass is 445 g/mol. The minimum atomic E-state index is -0.0659. The second-order valence-electron chi connectivity index (χ2n) is 8.21. The molecule has 1 amide bonds. The van der Waals surface area contributed by atoms with Gasteiger partial charge in [-0.1, -0.05) is 35.5 Å². The van der Waals surface area contributed by atoms with Crippen LogP contribution in [0.25, 0.3) is 21.7 Å². The molecule has 0 atom stereocenters. The van der Waals surface area contributed by atoms with Crippen LogP contribution in [0.1, 0.15) is 44.1 Å². The van der Waals surface area contributed by atoms with Gasteiger partial charge in [0.15, 0.2) is 5.78 Å². The van der Waals surface area contributed by atoms with Crippen molar-refractivity contribution in [3.8, 4) is 10.6 Å². The molecule has 6 nitrogen and oxygen atoms in total. The largest absolute Gasteiger partial charge is 0.339 e. The van der Waals surface area contributed by atoms with E-state index < -0.39 is 0 Å². The van der Waals surface area contributed by atoms with Gasteiger partial charge in [-0.3, -0.25) is 9.59 Å². The van der Waals surface area contributed by atoms with E-state index in [1.165, 1.54) is 4.88 Å². The number of aryl methyl sites for hydroxylation is 2. The molecular weight excluding hydrogens is 422 g/mol. The van der Waals surface area contributed by atoms with Crippen LogP contribution in [0, 0.1) is 19.8 Å². The third-order valence-electron chi connectivity index (χ3n) is 6.05. The van der Waals surface area contributed by atoms with Crippen molar-refractivity contribution in [2.75, 3.05) is 13.1 Å². The van der Waals surface area contributed by atoms with Crippen molar-refractivity contribution in [1.29, 1.82) is 0 Å². The predicted octanol–water partition coefficient (Wildman–Crippen LogP) is 5.30. The molecule has 0 aliphatic carbocycles. The van der Waals surface area contributed by atoms with Crippen molar-refractivity contribution < 1.29 is 14.1 Å². The van der Waals surface area contributed by atoms with Crippen LogP contribution in [-0.2, 0) is 0 Å². The lowest BCUT2D eigenvalue weighted by molar-refractivity contribution is 0.0652. The highest BCUT2D eigenvalue weighted by Crippen LogP contribution is 2.32. The first-order chi connectivity index (χ1) is 15.5. The molecule has 162 valence electrons. The summed E-state index contributed by atoms with van der Waals surface area (Å²) in [5, 5.41) is 4.70. The normalized spacial score (nSPS) is 14.8. The number of hydrogen-bond acceptors (Lipinski definition) is 6. The zero-order valence-electron chi connectivity index (χ0n) is 18.0. The van der Waals surface area contributed by atoms with Crippen LogP contribution in [0.3, 0.4) is 0 Å². The molecule has 32 heavy (non-hydrogen) atoms. The average molecular weight is 446 g/mol. The van der Waals surface area contributed by atoms with Gasteiger partial charge in [0.2, 0.25) is 0 Å². The van der Waals surface area contributed by atoms with Crippen LogP contribution in [-0.4, -0.2) is 39.8 Å². The summed E-state index contributed by atoms with van der Waals surface area (Å²) in [6.45, 7) is 4.95.